The van der Waals surface area contributed by atoms with Crippen LogP contribution < -0.4 is 10.2 Å². The van der Waals surface area contributed by atoms with Gasteiger partial charge < -0.3 is 10.2 Å². The quantitative estimate of drug-likeness (QED) is 0.870. The highest BCUT2D eigenvalue weighted by Crippen LogP contribution is 2.25. The van der Waals surface area contributed by atoms with E-state index < -0.39 is 0 Å². The molecule has 0 fully saturated rings. The van der Waals surface area contributed by atoms with Crippen molar-refractivity contribution in [2.24, 2.45) is 0 Å². The summed E-state index contributed by atoms with van der Waals surface area (Å²) in [4.78, 5) is 7.19. The molecule has 0 bridgehead atoms. The molecule has 1 N–H and O–H groups in total. The largest absolute Gasteiger partial charge is 0.357 e. The first kappa shape index (κ1) is 14.8. The van der Waals surface area contributed by atoms with E-state index in [4.69, 9.17) is 4.98 Å². The summed E-state index contributed by atoms with van der Waals surface area (Å²) in [5.41, 5.74) is 2.33. The molecule has 3 heteroatoms. The van der Waals surface area contributed by atoms with Crippen LogP contribution in [0, 0.1) is 0 Å². The fraction of sp³-hybridized carbons (Fsp3) is 0.471. The highest BCUT2D eigenvalue weighted by Gasteiger charge is 2.15. The lowest BCUT2D eigenvalue weighted by Crippen LogP contribution is -2.30. The van der Waals surface area contributed by atoms with Gasteiger partial charge in [0, 0.05) is 30.6 Å². The molecule has 20 heavy (non-hydrogen) atoms. The van der Waals surface area contributed by atoms with Gasteiger partial charge in [0.1, 0.15) is 5.82 Å². The first-order valence-electron chi connectivity index (χ1n) is 7.43. The Bertz CT molecular complexity index is 565. The minimum absolute atomic E-state index is 0.504. The van der Waals surface area contributed by atoms with Crippen molar-refractivity contribution in [3.05, 3.63) is 35.9 Å². The first-order valence-corrected chi connectivity index (χ1v) is 7.43. The Labute approximate surface area is 122 Å². The number of nitrogens with zero attached hydrogens (tertiary/aromatic N) is 2. The van der Waals surface area contributed by atoms with Crippen LogP contribution in [0.15, 0.2) is 30.3 Å². The molecule has 2 aromatic rings. The molecular weight excluding hydrogens is 246 g/mol. The second-order valence-electron chi connectivity index (χ2n) is 5.44. The summed E-state index contributed by atoms with van der Waals surface area (Å²) < 4.78 is 0. The number of hydrogen-bond acceptors (Lipinski definition) is 3. The minimum atomic E-state index is 0.504. The van der Waals surface area contributed by atoms with Crippen LogP contribution in [-0.4, -0.2) is 25.1 Å². The molecule has 0 saturated carbocycles. The number of nitrogens with one attached hydrogen (secondary N) is 1. The van der Waals surface area contributed by atoms with Crippen molar-refractivity contribution in [2.75, 3.05) is 19.0 Å². The molecule has 0 saturated heterocycles. The Morgan fingerprint density at radius 1 is 1.30 bits per heavy atom. The summed E-state index contributed by atoms with van der Waals surface area (Å²) in [6.45, 7) is 5.34. The number of fused-ring (bicyclic) bond motifs is 1. The topological polar surface area (TPSA) is 28.2 Å². The van der Waals surface area contributed by atoms with E-state index in [1.165, 1.54) is 23.8 Å². The predicted molar refractivity (Wildman–Crippen MR) is 87.3 cm³/mol. The van der Waals surface area contributed by atoms with Crippen LogP contribution in [-0.2, 0) is 6.54 Å². The van der Waals surface area contributed by atoms with Gasteiger partial charge in [-0.25, -0.2) is 4.98 Å². The van der Waals surface area contributed by atoms with Gasteiger partial charge in [-0.3, -0.25) is 0 Å². The SMILES string of the molecule is CCCC(C)N(C)c1nc2ccccc2cc1CNC. The maximum Gasteiger partial charge on any atom is 0.133 e. The van der Waals surface area contributed by atoms with E-state index in [1.54, 1.807) is 0 Å². The van der Waals surface area contributed by atoms with Crippen molar-refractivity contribution >= 4 is 16.7 Å². The molecule has 1 unspecified atom stereocenters. The number of benzene rings is 1. The number of aromatic nitrogens is 1. The van der Waals surface area contributed by atoms with Gasteiger partial charge in [-0.1, -0.05) is 31.5 Å². The van der Waals surface area contributed by atoms with E-state index >= 15 is 0 Å². The summed E-state index contributed by atoms with van der Waals surface area (Å²) in [5.74, 6) is 1.10. The van der Waals surface area contributed by atoms with Crippen molar-refractivity contribution in [3.8, 4) is 0 Å². The molecule has 1 heterocycles. The molecule has 1 atom stereocenters. The fourth-order valence-corrected chi connectivity index (χ4v) is 2.60. The summed E-state index contributed by atoms with van der Waals surface area (Å²) in [5, 5.41) is 4.45. The van der Waals surface area contributed by atoms with Crippen LogP contribution in [0.5, 0.6) is 0 Å². The summed E-state index contributed by atoms with van der Waals surface area (Å²) in [6.07, 6.45) is 2.38. The highest BCUT2D eigenvalue weighted by atomic mass is 15.2. The van der Waals surface area contributed by atoms with E-state index in [2.05, 4.69) is 55.4 Å². The van der Waals surface area contributed by atoms with Crippen LogP contribution in [0.3, 0.4) is 0 Å². The van der Waals surface area contributed by atoms with Gasteiger partial charge in [0.05, 0.1) is 5.52 Å². The standard InChI is InChI=1S/C17H25N3/c1-5-8-13(2)20(4)17-15(12-18-3)11-14-9-6-7-10-16(14)19-17/h6-7,9-11,13,18H,5,8,12H2,1-4H3. The van der Waals surface area contributed by atoms with E-state index in [0.29, 0.717) is 6.04 Å². The average molecular weight is 271 g/mol. The summed E-state index contributed by atoms with van der Waals surface area (Å²) >= 11 is 0. The van der Waals surface area contributed by atoms with Gasteiger partial charge in [-0.2, -0.15) is 0 Å². The molecule has 0 aliphatic heterocycles. The van der Waals surface area contributed by atoms with Crippen molar-refractivity contribution in [2.45, 2.75) is 39.3 Å². The maximum absolute atomic E-state index is 4.88. The molecule has 0 radical (unpaired) electrons. The van der Waals surface area contributed by atoms with Crippen molar-refractivity contribution < 1.29 is 0 Å². The smallest absolute Gasteiger partial charge is 0.133 e. The fourth-order valence-electron chi connectivity index (χ4n) is 2.60. The van der Waals surface area contributed by atoms with Gasteiger partial charge in [0.25, 0.3) is 0 Å². The van der Waals surface area contributed by atoms with Gasteiger partial charge in [0.2, 0.25) is 0 Å². The molecule has 1 aromatic heterocycles. The lowest BCUT2D eigenvalue weighted by atomic mass is 10.1. The Kier molecular flexibility index (Phi) is 4.96. The van der Waals surface area contributed by atoms with Crippen LogP contribution in [0.1, 0.15) is 32.3 Å². The molecule has 0 aliphatic rings. The molecule has 108 valence electrons. The van der Waals surface area contributed by atoms with Gasteiger partial charge in [0.15, 0.2) is 0 Å². The molecule has 0 aliphatic carbocycles. The molecule has 0 spiro atoms. The summed E-state index contributed by atoms with van der Waals surface area (Å²) in [7, 11) is 4.13. The first-order chi connectivity index (χ1) is 9.67. The maximum atomic E-state index is 4.88. The van der Waals surface area contributed by atoms with Gasteiger partial charge >= 0.3 is 0 Å². The number of pyridine rings is 1. The second-order valence-corrected chi connectivity index (χ2v) is 5.44. The van der Waals surface area contributed by atoms with E-state index in [-0.39, 0.29) is 0 Å². The van der Waals surface area contributed by atoms with Crippen molar-refractivity contribution in [1.29, 1.82) is 0 Å². The molecule has 0 amide bonds. The monoisotopic (exact) mass is 271 g/mol. The van der Waals surface area contributed by atoms with E-state index in [0.717, 1.165) is 17.9 Å². The lowest BCUT2D eigenvalue weighted by Gasteiger charge is -2.28. The van der Waals surface area contributed by atoms with Gasteiger partial charge in [-0.15, -0.1) is 0 Å². The van der Waals surface area contributed by atoms with Crippen LogP contribution in [0.2, 0.25) is 0 Å². The zero-order chi connectivity index (χ0) is 14.5. The lowest BCUT2D eigenvalue weighted by molar-refractivity contribution is 0.608. The van der Waals surface area contributed by atoms with Crippen LogP contribution in [0.25, 0.3) is 10.9 Å². The molecular formula is C17H25N3. The van der Waals surface area contributed by atoms with Crippen LogP contribution >= 0.6 is 0 Å². The Hall–Kier alpha value is -1.61. The van der Waals surface area contributed by atoms with Crippen molar-refractivity contribution in [1.82, 2.24) is 10.3 Å². The van der Waals surface area contributed by atoms with Crippen LogP contribution in [0.4, 0.5) is 5.82 Å². The highest BCUT2D eigenvalue weighted by molar-refractivity contribution is 5.81. The minimum Gasteiger partial charge on any atom is -0.357 e. The van der Waals surface area contributed by atoms with Crippen molar-refractivity contribution in [3.63, 3.8) is 0 Å². The average Bonchev–Trinajstić information content (AvgIpc) is 2.46. The van der Waals surface area contributed by atoms with Gasteiger partial charge in [-0.05, 0) is 32.5 Å². The Balaban J connectivity index is 2.45. The zero-order valence-corrected chi connectivity index (χ0v) is 13.0. The zero-order valence-electron chi connectivity index (χ0n) is 13.0. The number of anilines is 1. The number of hydrogen-bond donors (Lipinski definition) is 1. The Morgan fingerprint density at radius 3 is 2.75 bits per heavy atom. The molecule has 2 rings (SSSR count). The third-order valence-electron chi connectivity index (χ3n) is 3.85. The third-order valence-corrected chi connectivity index (χ3v) is 3.85. The summed E-state index contributed by atoms with van der Waals surface area (Å²) in [6, 6.07) is 11.1. The normalized spacial score (nSPS) is 12.6. The molecule has 1 aromatic carbocycles. The van der Waals surface area contributed by atoms with E-state index in [9.17, 15) is 0 Å². The second kappa shape index (κ2) is 6.71. The Morgan fingerprint density at radius 2 is 2.05 bits per heavy atom. The van der Waals surface area contributed by atoms with E-state index in [1.807, 2.05) is 13.1 Å². The third kappa shape index (κ3) is 3.10. The number of para-hydroxylation sites is 1. The number of rotatable bonds is 6. The predicted octanol–water partition coefficient (Wildman–Crippen LogP) is 3.58. The molecule has 3 nitrogen and oxygen atoms in total.